The number of hydrogen-bond acceptors (Lipinski definition) is 3. The molecule has 0 saturated carbocycles. The summed E-state index contributed by atoms with van der Waals surface area (Å²) in [5.41, 5.74) is 2.50. The topological polar surface area (TPSA) is 21.8 Å². The van der Waals surface area contributed by atoms with Crippen LogP contribution in [0.3, 0.4) is 0 Å². The number of benzene rings is 1. The van der Waals surface area contributed by atoms with Gasteiger partial charge >= 0.3 is 0 Å². The highest BCUT2D eigenvalue weighted by Gasteiger charge is 2.20. The summed E-state index contributed by atoms with van der Waals surface area (Å²) in [6, 6.07) is 6.08. The average molecular weight is 341 g/mol. The van der Waals surface area contributed by atoms with Crippen LogP contribution < -0.4 is 10.2 Å². The van der Waals surface area contributed by atoms with E-state index in [1.807, 2.05) is 6.07 Å². The number of aryl methyl sites for hydroxylation is 1. The zero-order valence-electron chi connectivity index (χ0n) is 13.6. The van der Waals surface area contributed by atoms with E-state index in [0.717, 1.165) is 49.4 Å². The average Bonchev–Trinajstić information content (AvgIpc) is 2.49. The van der Waals surface area contributed by atoms with Gasteiger partial charge in [0, 0.05) is 50.0 Å². The zero-order valence-corrected chi connectivity index (χ0v) is 15.2. The standard InChI is InChI=1S/C16H25ClN4S/c1-13-4-5-14(17)12-15(13)20-8-10-21(11-9-20)16(22)18-6-7-19(2)3/h4-5,12H,6-11H2,1-3H3,(H,18,22). The monoisotopic (exact) mass is 340 g/mol. The molecule has 0 radical (unpaired) electrons. The molecule has 1 aliphatic rings. The van der Waals surface area contributed by atoms with Crippen molar-refractivity contribution in [3.63, 3.8) is 0 Å². The summed E-state index contributed by atoms with van der Waals surface area (Å²) in [5.74, 6) is 0. The van der Waals surface area contributed by atoms with Gasteiger partial charge < -0.3 is 20.0 Å². The highest BCUT2D eigenvalue weighted by atomic mass is 35.5. The van der Waals surface area contributed by atoms with Crippen LogP contribution in [0.1, 0.15) is 5.56 Å². The van der Waals surface area contributed by atoms with Gasteiger partial charge in [-0.05, 0) is 50.9 Å². The van der Waals surface area contributed by atoms with Crippen molar-refractivity contribution in [3.8, 4) is 0 Å². The van der Waals surface area contributed by atoms with Crippen molar-refractivity contribution >= 4 is 34.6 Å². The van der Waals surface area contributed by atoms with Crippen LogP contribution >= 0.6 is 23.8 Å². The third kappa shape index (κ3) is 4.73. The SMILES string of the molecule is Cc1ccc(Cl)cc1N1CCN(C(=S)NCCN(C)C)CC1. The number of nitrogens with zero attached hydrogens (tertiary/aromatic N) is 3. The lowest BCUT2D eigenvalue weighted by Gasteiger charge is -2.38. The maximum absolute atomic E-state index is 6.13. The highest BCUT2D eigenvalue weighted by Crippen LogP contribution is 2.25. The van der Waals surface area contributed by atoms with E-state index in [0.29, 0.717) is 0 Å². The van der Waals surface area contributed by atoms with Crippen LogP contribution in [0, 0.1) is 6.92 Å². The maximum atomic E-state index is 6.13. The Morgan fingerprint density at radius 3 is 2.59 bits per heavy atom. The fourth-order valence-corrected chi connectivity index (χ4v) is 3.02. The molecule has 1 aliphatic heterocycles. The van der Waals surface area contributed by atoms with E-state index in [2.05, 4.69) is 53.2 Å². The van der Waals surface area contributed by atoms with Gasteiger partial charge in [-0.2, -0.15) is 0 Å². The zero-order chi connectivity index (χ0) is 16.1. The predicted molar refractivity (Wildman–Crippen MR) is 99.1 cm³/mol. The van der Waals surface area contributed by atoms with Gasteiger partial charge in [-0.15, -0.1) is 0 Å². The molecule has 0 unspecified atom stereocenters. The molecular weight excluding hydrogens is 316 g/mol. The lowest BCUT2D eigenvalue weighted by molar-refractivity contribution is 0.371. The molecule has 6 heteroatoms. The first-order chi connectivity index (χ1) is 10.5. The van der Waals surface area contributed by atoms with Gasteiger partial charge in [0.2, 0.25) is 0 Å². The molecule has 0 aliphatic carbocycles. The van der Waals surface area contributed by atoms with Gasteiger partial charge in [-0.1, -0.05) is 17.7 Å². The van der Waals surface area contributed by atoms with Gasteiger partial charge in [-0.25, -0.2) is 0 Å². The van der Waals surface area contributed by atoms with Crippen LogP contribution in [0.4, 0.5) is 5.69 Å². The Labute approximate surface area is 144 Å². The lowest BCUT2D eigenvalue weighted by atomic mass is 10.1. The molecule has 4 nitrogen and oxygen atoms in total. The first kappa shape index (κ1) is 17.3. The number of rotatable bonds is 4. The summed E-state index contributed by atoms with van der Waals surface area (Å²) in [7, 11) is 4.13. The van der Waals surface area contributed by atoms with E-state index < -0.39 is 0 Å². The molecule has 2 rings (SSSR count). The Balaban J connectivity index is 1.85. The van der Waals surface area contributed by atoms with Crippen molar-refractivity contribution in [2.75, 3.05) is 58.3 Å². The summed E-state index contributed by atoms with van der Waals surface area (Å²) in [6.45, 7) is 7.83. The molecule has 0 atom stereocenters. The Morgan fingerprint density at radius 2 is 1.95 bits per heavy atom. The smallest absolute Gasteiger partial charge is 0.169 e. The van der Waals surface area contributed by atoms with Gasteiger partial charge in [0.05, 0.1) is 0 Å². The molecule has 122 valence electrons. The Bertz CT molecular complexity index is 513. The first-order valence-corrected chi connectivity index (χ1v) is 8.44. The Morgan fingerprint density at radius 1 is 1.27 bits per heavy atom. The molecule has 0 bridgehead atoms. The number of halogens is 1. The quantitative estimate of drug-likeness (QED) is 0.846. The number of nitrogens with one attached hydrogen (secondary N) is 1. The van der Waals surface area contributed by atoms with Gasteiger partial charge in [0.15, 0.2) is 5.11 Å². The second-order valence-electron chi connectivity index (χ2n) is 5.94. The van der Waals surface area contributed by atoms with Crippen molar-refractivity contribution in [3.05, 3.63) is 28.8 Å². The van der Waals surface area contributed by atoms with E-state index in [4.69, 9.17) is 23.8 Å². The number of thiocarbonyl (C=S) groups is 1. The molecule has 1 N–H and O–H groups in total. The third-order valence-electron chi connectivity index (χ3n) is 3.91. The van der Waals surface area contributed by atoms with Crippen LogP contribution in [0.2, 0.25) is 5.02 Å². The molecule has 1 heterocycles. The normalized spacial score (nSPS) is 15.3. The lowest BCUT2D eigenvalue weighted by Crippen LogP contribution is -2.52. The van der Waals surface area contributed by atoms with Crippen molar-refractivity contribution in [1.29, 1.82) is 0 Å². The molecule has 0 spiro atoms. The molecule has 1 saturated heterocycles. The minimum Gasteiger partial charge on any atom is -0.368 e. The number of hydrogen-bond donors (Lipinski definition) is 1. The maximum Gasteiger partial charge on any atom is 0.169 e. The summed E-state index contributed by atoms with van der Waals surface area (Å²) >= 11 is 11.6. The van der Waals surface area contributed by atoms with Crippen LogP contribution in [0.5, 0.6) is 0 Å². The first-order valence-electron chi connectivity index (χ1n) is 7.66. The van der Waals surface area contributed by atoms with Gasteiger partial charge in [0.1, 0.15) is 0 Å². The Hall–Kier alpha value is -1.04. The molecular formula is C16H25ClN4S. The molecule has 0 aromatic heterocycles. The van der Waals surface area contributed by atoms with Crippen molar-refractivity contribution in [2.24, 2.45) is 0 Å². The highest BCUT2D eigenvalue weighted by molar-refractivity contribution is 7.80. The summed E-state index contributed by atoms with van der Waals surface area (Å²) in [4.78, 5) is 6.79. The second kappa shape index (κ2) is 7.99. The fraction of sp³-hybridized carbons (Fsp3) is 0.562. The van der Waals surface area contributed by atoms with Crippen LogP contribution in [-0.2, 0) is 0 Å². The van der Waals surface area contributed by atoms with E-state index in [1.165, 1.54) is 11.3 Å². The summed E-state index contributed by atoms with van der Waals surface area (Å²) in [6.07, 6.45) is 0. The second-order valence-corrected chi connectivity index (χ2v) is 6.76. The van der Waals surface area contributed by atoms with Crippen molar-refractivity contribution in [2.45, 2.75) is 6.92 Å². The van der Waals surface area contributed by atoms with Crippen LogP contribution in [0.15, 0.2) is 18.2 Å². The molecule has 0 amide bonds. The number of likely N-dealkylation sites (N-methyl/N-ethyl adjacent to an activating group) is 1. The van der Waals surface area contributed by atoms with Crippen molar-refractivity contribution in [1.82, 2.24) is 15.1 Å². The molecule has 1 aromatic rings. The minimum atomic E-state index is 0.795. The Kier molecular flexibility index (Phi) is 6.29. The molecule has 1 aromatic carbocycles. The number of piperazine rings is 1. The van der Waals surface area contributed by atoms with Gasteiger partial charge in [0.25, 0.3) is 0 Å². The summed E-state index contributed by atoms with van der Waals surface area (Å²) in [5, 5.41) is 5.00. The molecule has 22 heavy (non-hydrogen) atoms. The van der Waals surface area contributed by atoms with Gasteiger partial charge in [-0.3, -0.25) is 0 Å². The minimum absolute atomic E-state index is 0.795. The van der Waals surface area contributed by atoms with Crippen molar-refractivity contribution < 1.29 is 0 Å². The van der Waals surface area contributed by atoms with E-state index in [1.54, 1.807) is 0 Å². The van der Waals surface area contributed by atoms with E-state index >= 15 is 0 Å². The van der Waals surface area contributed by atoms with Crippen LogP contribution in [-0.4, -0.2) is 68.3 Å². The molecule has 1 fully saturated rings. The van der Waals surface area contributed by atoms with E-state index in [9.17, 15) is 0 Å². The summed E-state index contributed by atoms with van der Waals surface area (Å²) < 4.78 is 0. The van der Waals surface area contributed by atoms with E-state index in [-0.39, 0.29) is 0 Å². The fourth-order valence-electron chi connectivity index (χ4n) is 2.57. The van der Waals surface area contributed by atoms with Crippen LogP contribution in [0.25, 0.3) is 0 Å². The third-order valence-corrected chi connectivity index (χ3v) is 4.55. The largest absolute Gasteiger partial charge is 0.368 e. The predicted octanol–water partition coefficient (Wildman–Crippen LogP) is 2.21. The number of anilines is 1.